The summed E-state index contributed by atoms with van der Waals surface area (Å²) in [6.07, 6.45) is 2.15. The Balaban J connectivity index is 2.51. The van der Waals surface area contributed by atoms with Crippen LogP contribution in [0, 0.1) is 10.1 Å². The number of hydrogen-bond acceptors (Lipinski definition) is 4. The number of nitro groups is 1. The Kier molecular flexibility index (Phi) is 4.06. The second-order valence-corrected chi connectivity index (χ2v) is 4.48. The molecular formula is C11H18N2O3. The predicted molar refractivity (Wildman–Crippen MR) is 61.2 cm³/mol. The molecule has 0 radical (unpaired) electrons. The van der Waals surface area contributed by atoms with Crippen molar-refractivity contribution in [1.29, 1.82) is 0 Å². The van der Waals surface area contributed by atoms with Crippen molar-refractivity contribution in [1.82, 2.24) is 5.32 Å². The first-order chi connectivity index (χ1) is 7.44. The smallest absolute Gasteiger partial charge is 0.404 e. The van der Waals surface area contributed by atoms with Crippen LogP contribution in [-0.4, -0.2) is 10.5 Å². The number of nitrogens with zero attached hydrogens (tertiary/aromatic N) is 1. The predicted octanol–water partition coefficient (Wildman–Crippen LogP) is 2.86. The highest BCUT2D eigenvalue weighted by Crippen LogP contribution is 2.17. The molecule has 0 fully saturated rings. The SMILES string of the molecule is CCCC(C)(C)NCc1ccc([N+](=O)[O-])o1. The summed E-state index contributed by atoms with van der Waals surface area (Å²) >= 11 is 0. The van der Waals surface area contributed by atoms with Gasteiger partial charge in [0.25, 0.3) is 0 Å². The van der Waals surface area contributed by atoms with E-state index in [4.69, 9.17) is 4.42 Å². The summed E-state index contributed by atoms with van der Waals surface area (Å²) in [5.74, 6) is 0.390. The van der Waals surface area contributed by atoms with E-state index >= 15 is 0 Å². The van der Waals surface area contributed by atoms with Crippen molar-refractivity contribution in [2.75, 3.05) is 0 Å². The molecule has 0 aromatic carbocycles. The van der Waals surface area contributed by atoms with Crippen molar-refractivity contribution in [3.8, 4) is 0 Å². The van der Waals surface area contributed by atoms with Gasteiger partial charge in [-0.25, -0.2) is 0 Å². The van der Waals surface area contributed by atoms with Crippen molar-refractivity contribution < 1.29 is 9.34 Å². The van der Waals surface area contributed by atoms with Crippen molar-refractivity contribution in [2.24, 2.45) is 0 Å². The fourth-order valence-electron chi connectivity index (χ4n) is 1.60. The van der Waals surface area contributed by atoms with Crippen LogP contribution >= 0.6 is 0 Å². The van der Waals surface area contributed by atoms with Gasteiger partial charge in [-0.3, -0.25) is 10.1 Å². The van der Waals surface area contributed by atoms with E-state index < -0.39 is 4.92 Å². The second-order valence-electron chi connectivity index (χ2n) is 4.48. The molecule has 0 aliphatic heterocycles. The molecule has 0 atom stereocenters. The number of rotatable bonds is 6. The second kappa shape index (κ2) is 5.12. The van der Waals surface area contributed by atoms with Gasteiger partial charge in [-0.05, 0) is 26.3 Å². The minimum Gasteiger partial charge on any atom is -0.404 e. The third kappa shape index (κ3) is 3.66. The normalized spacial score (nSPS) is 11.7. The van der Waals surface area contributed by atoms with E-state index in [0.717, 1.165) is 12.8 Å². The summed E-state index contributed by atoms with van der Waals surface area (Å²) in [6.45, 7) is 6.85. The zero-order valence-electron chi connectivity index (χ0n) is 9.95. The Hall–Kier alpha value is -1.36. The third-order valence-electron chi connectivity index (χ3n) is 2.44. The molecular weight excluding hydrogens is 208 g/mol. The van der Waals surface area contributed by atoms with Crippen LogP contribution in [0.15, 0.2) is 16.5 Å². The van der Waals surface area contributed by atoms with Crippen LogP contribution in [0.2, 0.25) is 0 Å². The van der Waals surface area contributed by atoms with Crippen molar-refractivity contribution in [3.05, 3.63) is 28.0 Å². The molecule has 5 nitrogen and oxygen atoms in total. The van der Waals surface area contributed by atoms with Crippen LogP contribution < -0.4 is 5.32 Å². The molecule has 1 heterocycles. The van der Waals surface area contributed by atoms with Crippen LogP contribution in [0.4, 0.5) is 5.88 Å². The van der Waals surface area contributed by atoms with E-state index in [-0.39, 0.29) is 11.4 Å². The Morgan fingerprint density at radius 3 is 2.69 bits per heavy atom. The summed E-state index contributed by atoms with van der Waals surface area (Å²) in [6, 6.07) is 3.01. The van der Waals surface area contributed by atoms with Gasteiger partial charge >= 0.3 is 5.88 Å². The molecule has 0 aliphatic rings. The molecule has 16 heavy (non-hydrogen) atoms. The molecule has 0 spiro atoms. The zero-order valence-corrected chi connectivity index (χ0v) is 9.95. The number of nitrogens with one attached hydrogen (secondary N) is 1. The quantitative estimate of drug-likeness (QED) is 0.598. The van der Waals surface area contributed by atoms with Gasteiger partial charge in [-0.2, -0.15) is 0 Å². The fourth-order valence-corrected chi connectivity index (χ4v) is 1.60. The topological polar surface area (TPSA) is 68.3 Å². The van der Waals surface area contributed by atoms with Crippen LogP contribution in [0.3, 0.4) is 0 Å². The standard InChI is InChI=1S/C11H18N2O3/c1-4-7-11(2,3)12-8-9-5-6-10(16-9)13(14)15/h5-6,12H,4,7-8H2,1-3H3. The Morgan fingerprint density at radius 2 is 2.19 bits per heavy atom. The summed E-state index contributed by atoms with van der Waals surface area (Å²) in [5, 5.41) is 13.7. The lowest BCUT2D eigenvalue weighted by Crippen LogP contribution is -2.38. The van der Waals surface area contributed by atoms with Crippen LogP contribution in [0.25, 0.3) is 0 Å². The average molecular weight is 226 g/mol. The number of hydrogen-bond donors (Lipinski definition) is 1. The van der Waals surface area contributed by atoms with Gasteiger partial charge in [0.1, 0.15) is 10.7 Å². The first kappa shape index (κ1) is 12.7. The van der Waals surface area contributed by atoms with Gasteiger partial charge in [0.05, 0.1) is 12.6 Å². The van der Waals surface area contributed by atoms with Gasteiger partial charge < -0.3 is 9.73 Å². The van der Waals surface area contributed by atoms with Crippen molar-refractivity contribution >= 4 is 5.88 Å². The van der Waals surface area contributed by atoms with E-state index in [0.29, 0.717) is 12.3 Å². The zero-order chi connectivity index (χ0) is 12.2. The van der Waals surface area contributed by atoms with E-state index in [9.17, 15) is 10.1 Å². The van der Waals surface area contributed by atoms with Gasteiger partial charge in [-0.1, -0.05) is 13.3 Å². The highest BCUT2D eigenvalue weighted by atomic mass is 16.6. The Bertz CT molecular complexity index is 358. The lowest BCUT2D eigenvalue weighted by atomic mass is 9.99. The van der Waals surface area contributed by atoms with E-state index in [1.54, 1.807) is 6.07 Å². The Morgan fingerprint density at radius 1 is 1.50 bits per heavy atom. The molecule has 0 amide bonds. The van der Waals surface area contributed by atoms with Crippen LogP contribution in [0.5, 0.6) is 0 Å². The molecule has 0 saturated carbocycles. The number of furan rings is 1. The Labute approximate surface area is 95.0 Å². The van der Waals surface area contributed by atoms with E-state index in [1.807, 2.05) is 0 Å². The van der Waals surface area contributed by atoms with E-state index in [1.165, 1.54) is 6.07 Å². The minimum absolute atomic E-state index is 0.0241. The van der Waals surface area contributed by atoms with Gasteiger partial charge in [-0.15, -0.1) is 0 Å². The summed E-state index contributed by atoms with van der Waals surface area (Å²) in [4.78, 5) is 9.88. The maximum atomic E-state index is 10.4. The maximum Gasteiger partial charge on any atom is 0.433 e. The lowest BCUT2D eigenvalue weighted by molar-refractivity contribution is -0.402. The minimum atomic E-state index is -0.527. The first-order valence-corrected chi connectivity index (χ1v) is 5.43. The molecule has 0 bridgehead atoms. The largest absolute Gasteiger partial charge is 0.433 e. The monoisotopic (exact) mass is 226 g/mol. The first-order valence-electron chi connectivity index (χ1n) is 5.43. The third-order valence-corrected chi connectivity index (χ3v) is 2.44. The van der Waals surface area contributed by atoms with Crippen molar-refractivity contribution in [2.45, 2.75) is 45.7 Å². The van der Waals surface area contributed by atoms with Gasteiger partial charge in [0, 0.05) is 5.54 Å². The maximum absolute atomic E-state index is 10.4. The molecule has 0 unspecified atom stereocenters. The molecule has 0 aliphatic carbocycles. The average Bonchev–Trinajstić information content (AvgIpc) is 2.63. The molecule has 90 valence electrons. The summed E-state index contributed by atoms with van der Waals surface area (Å²) < 4.78 is 5.06. The van der Waals surface area contributed by atoms with Gasteiger partial charge in [0.15, 0.2) is 0 Å². The van der Waals surface area contributed by atoms with Crippen LogP contribution in [-0.2, 0) is 6.54 Å². The molecule has 0 saturated heterocycles. The molecule has 5 heteroatoms. The molecule has 1 N–H and O–H groups in total. The summed E-state index contributed by atoms with van der Waals surface area (Å²) in [7, 11) is 0. The van der Waals surface area contributed by atoms with Crippen molar-refractivity contribution in [3.63, 3.8) is 0 Å². The van der Waals surface area contributed by atoms with Gasteiger partial charge in [0.2, 0.25) is 0 Å². The van der Waals surface area contributed by atoms with Crippen LogP contribution in [0.1, 0.15) is 39.4 Å². The fraction of sp³-hybridized carbons (Fsp3) is 0.636. The highest BCUT2D eigenvalue weighted by Gasteiger charge is 2.17. The molecule has 1 aromatic heterocycles. The highest BCUT2D eigenvalue weighted by molar-refractivity contribution is 5.17. The summed E-state index contributed by atoms with van der Waals surface area (Å²) in [5.41, 5.74) is 0.0241. The molecule has 1 aromatic rings. The lowest BCUT2D eigenvalue weighted by Gasteiger charge is -2.25. The van der Waals surface area contributed by atoms with E-state index in [2.05, 4.69) is 26.1 Å². The molecule has 1 rings (SSSR count).